The summed E-state index contributed by atoms with van der Waals surface area (Å²) >= 11 is 1.26. The number of rotatable bonds is 6. The van der Waals surface area contributed by atoms with E-state index in [9.17, 15) is 9.59 Å². The lowest BCUT2D eigenvalue weighted by Gasteiger charge is -2.18. The van der Waals surface area contributed by atoms with E-state index in [-0.39, 0.29) is 17.2 Å². The first-order valence-corrected chi connectivity index (χ1v) is 10.9. The molecule has 2 aromatic carbocycles. The molecule has 0 bridgehead atoms. The number of benzene rings is 2. The fourth-order valence-corrected chi connectivity index (χ4v) is 4.31. The maximum Gasteiger partial charge on any atom is 0.266 e. The Labute approximate surface area is 184 Å². The van der Waals surface area contributed by atoms with Crippen LogP contribution in [0.1, 0.15) is 16.9 Å². The molecule has 1 amide bonds. The Morgan fingerprint density at radius 2 is 1.90 bits per heavy atom. The molecule has 0 aliphatic heterocycles. The predicted molar refractivity (Wildman–Crippen MR) is 123 cm³/mol. The first-order valence-electron chi connectivity index (χ1n) is 9.93. The van der Waals surface area contributed by atoms with Crippen LogP contribution in [0.5, 0.6) is 0 Å². The van der Waals surface area contributed by atoms with Crippen molar-refractivity contribution in [2.45, 2.75) is 25.5 Å². The van der Waals surface area contributed by atoms with Gasteiger partial charge in [0.2, 0.25) is 5.91 Å². The van der Waals surface area contributed by atoms with Crippen LogP contribution in [0, 0.1) is 13.8 Å². The van der Waals surface area contributed by atoms with Gasteiger partial charge in [0.15, 0.2) is 5.16 Å². The van der Waals surface area contributed by atoms with Crippen molar-refractivity contribution in [3.05, 3.63) is 88.1 Å². The van der Waals surface area contributed by atoms with Gasteiger partial charge in [0, 0.05) is 7.05 Å². The van der Waals surface area contributed by atoms with Crippen LogP contribution < -0.4 is 5.56 Å². The molecule has 7 heteroatoms. The number of aromatic nitrogens is 2. The SMILES string of the molecule is Cc1cccc(-n2c(SCC(=O)N(C)Cc3ccco3)nc3ccccc3c2=O)c1C. The number of thioether (sulfide) groups is 1. The molecule has 0 unspecified atom stereocenters. The third-order valence-corrected chi connectivity index (χ3v) is 6.21. The smallest absolute Gasteiger partial charge is 0.266 e. The molecule has 0 aliphatic rings. The van der Waals surface area contributed by atoms with Gasteiger partial charge in [-0.3, -0.25) is 14.2 Å². The quantitative estimate of drug-likeness (QED) is 0.334. The van der Waals surface area contributed by atoms with E-state index in [0.717, 1.165) is 22.6 Å². The molecule has 2 heterocycles. The fourth-order valence-electron chi connectivity index (χ4n) is 3.36. The number of carbonyl (C=O) groups is 1. The van der Waals surface area contributed by atoms with E-state index < -0.39 is 0 Å². The summed E-state index contributed by atoms with van der Waals surface area (Å²) in [4.78, 5) is 32.4. The number of para-hydroxylation sites is 1. The normalized spacial score (nSPS) is 11.1. The number of furan rings is 1. The molecule has 0 spiro atoms. The number of nitrogens with zero attached hydrogens (tertiary/aromatic N) is 3. The highest BCUT2D eigenvalue weighted by atomic mass is 32.2. The predicted octanol–water partition coefficient (Wildman–Crippen LogP) is 4.35. The van der Waals surface area contributed by atoms with Crippen molar-refractivity contribution < 1.29 is 9.21 Å². The van der Waals surface area contributed by atoms with Crippen LogP contribution in [-0.4, -0.2) is 33.2 Å². The van der Waals surface area contributed by atoms with E-state index in [4.69, 9.17) is 9.40 Å². The van der Waals surface area contributed by atoms with Crippen molar-refractivity contribution in [1.82, 2.24) is 14.5 Å². The Morgan fingerprint density at radius 3 is 2.68 bits per heavy atom. The van der Waals surface area contributed by atoms with Crippen molar-refractivity contribution in [3.8, 4) is 5.69 Å². The summed E-state index contributed by atoms with van der Waals surface area (Å²) in [5.74, 6) is 0.806. The Hall–Kier alpha value is -3.32. The fraction of sp³-hybridized carbons (Fsp3) is 0.208. The lowest BCUT2D eigenvalue weighted by Crippen LogP contribution is -2.28. The Morgan fingerprint density at radius 1 is 1.10 bits per heavy atom. The minimum atomic E-state index is -0.141. The van der Waals surface area contributed by atoms with E-state index >= 15 is 0 Å². The highest BCUT2D eigenvalue weighted by Gasteiger charge is 2.18. The van der Waals surface area contributed by atoms with Crippen LogP contribution in [0.25, 0.3) is 16.6 Å². The standard InChI is InChI=1S/C24H23N3O3S/c1-16-8-6-12-21(17(16)2)27-23(29)19-10-4-5-11-20(19)25-24(27)31-15-22(28)26(3)14-18-9-7-13-30-18/h4-13H,14-15H2,1-3H3. The van der Waals surface area contributed by atoms with Gasteiger partial charge in [-0.25, -0.2) is 4.98 Å². The Bertz CT molecular complexity index is 1300. The Kier molecular flexibility index (Phi) is 5.95. The molecule has 2 aromatic heterocycles. The molecule has 0 aliphatic carbocycles. The first-order chi connectivity index (χ1) is 15.0. The third-order valence-electron chi connectivity index (χ3n) is 5.29. The number of fused-ring (bicyclic) bond motifs is 1. The zero-order chi connectivity index (χ0) is 22.0. The molecule has 0 saturated carbocycles. The lowest BCUT2D eigenvalue weighted by atomic mass is 10.1. The monoisotopic (exact) mass is 433 g/mol. The van der Waals surface area contributed by atoms with Crippen molar-refractivity contribution in [2.75, 3.05) is 12.8 Å². The van der Waals surface area contributed by atoms with Gasteiger partial charge in [-0.05, 0) is 55.3 Å². The van der Waals surface area contributed by atoms with Gasteiger partial charge in [-0.1, -0.05) is 36.0 Å². The molecule has 0 fully saturated rings. The highest BCUT2D eigenvalue weighted by molar-refractivity contribution is 7.99. The second-order valence-electron chi connectivity index (χ2n) is 7.39. The van der Waals surface area contributed by atoms with E-state index in [1.807, 2.05) is 56.3 Å². The zero-order valence-electron chi connectivity index (χ0n) is 17.7. The number of aryl methyl sites for hydroxylation is 1. The largest absolute Gasteiger partial charge is 0.467 e. The number of amides is 1. The summed E-state index contributed by atoms with van der Waals surface area (Å²) in [5, 5.41) is 1.05. The van der Waals surface area contributed by atoms with E-state index in [1.165, 1.54) is 11.8 Å². The average Bonchev–Trinajstić information content (AvgIpc) is 3.27. The number of hydrogen-bond donors (Lipinski definition) is 0. The van der Waals surface area contributed by atoms with Crippen molar-refractivity contribution in [2.24, 2.45) is 0 Å². The maximum atomic E-state index is 13.4. The molecule has 4 rings (SSSR count). The van der Waals surface area contributed by atoms with Crippen LogP contribution in [0.2, 0.25) is 0 Å². The van der Waals surface area contributed by atoms with Crippen LogP contribution in [0.4, 0.5) is 0 Å². The molecule has 0 N–H and O–H groups in total. The van der Waals surface area contributed by atoms with Gasteiger partial charge in [0.1, 0.15) is 5.76 Å². The molecule has 158 valence electrons. The van der Waals surface area contributed by atoms with Crippen LogP contribution in [0.15, 0.2) is 75.2 Å². The molecule has 31 heavy (non-hydrogen) atoms. The van der Waals surface area contributed by atoms with Crippen molar-refractivity contribution in [1.29, 1.82) is 0 Å². The van der Waals surface area contributed by atoms with E-state index in [1.54, 1.807) is 34.9 Å². The minimum Gasteiger partial charge on any atom is -0.467 e. The first kappa shape index (κ1) is 20.9. The van der Waals surface area contributed by atoms with Crippen LogP contribution in [0.3, 0.4) is 0 Å². The second-order valence-corrected chi connectivity index (χ2v) is 8.33. The number of hydrogen-bond acceptors (Lipinski definition) is 5. The second kappa shape index (κ2) is 8.81. The van der Waals surface area contributed by atoms with Gasteiger partial charge >= 0.3 is 0 Å². The molecule has 0 radical (unpaired) electrons. The molecule has 0 saturated heterocycles. The maximum absolute atomic E-state index is 13.4. The van der Waals surface area contributed by atoms with E-state index in [0.29, 0.717) is 22.6 Å². The molecule has 6 nitrogen and oxygen atoms in total. The molecule has 4 aromatic rings. The summed E-state index contributed by atoms with van der Waals surface area (Å²) < 4.78 is 6.94. The van der Waals surface area contributed by atoms with Crippen LogP contribution in [-0.2, 0) is 11.3 Å². The average molecular weight is 434 g/mol. The summed E-state index contributed by atoms with van der Waals surface area (Å²) in [5.41, 5.74) is 3.35. The van der Waals surface area contributed by atoms with E-state index in [2.05, 4.69) is 0 Å². The number of carbonyl (C=O) groups excluding carboxylic acids is 1. The topological polar surface area (TPSA) is 68.3 Å². The summed E-state index contributed by atoms with van der Waals surface area (Å²) in [6.07, 6.45) is 1.59. The molecular formula is C24H23N3O3S. The summed E-state index contributed by atoms with van der Waals surface area (Å²) in [6.45, 7) is 4.39. The Balaban J connectivity index is 1.70. The van der Waals surface area contributed by atoms with Gasteiger partial charge in [0.05, 0.1) is 35.2 Å². The molecule has 0 atom stereocenters. The van der Waals surface area contributed by atoms with Gasteiger partial charge in [-0.2, -0.15) is 0 Å². The summed E-state index contributed by atoms with van der Waals surface area (Å²) in [6, 6.07) is 16.8. The van der Waals surface area contributed by atoms with Gasteiger partial charge < -0.3 is 9.32 Å². The van der Waals surface area contributed by atoms with Crippen molar-refractivity contribution >= 4 is 28.6 Å². The lowest BCUT2D eigenvalue weighted by molar-refractivity contribution is -0.127. The van der Waals surface area contributed by atoms with Gasteiger partial charge in [0.25, 0.3) is 5.56 Å². The molecular weight excluding hydrogens is 410 g/mol. The summed E-state index contributed by atoms with van der Waals surface area (Å²) in [7, 11) is 1.73. The minimum absolute atomic E-state index is 0.0729. The van der Waals surface area contributed by atoms with Crippen LogP contribution >= 0.6 is 11.8 Å². The van der Waals surface area contributed by atoms with Gasteiger partial charge in [-0.15, -0.1) is 0 Å². The third kappa shape index (κ3) is 4.27. The zero-order valence-corrected chi connectivity index (χ0v) is 18.5. The highest BCUT2D eigenvalue weighted by Crippen LogP contribution is 2.24. The van der Waals surface area contributed by atoms with Crippen molar-refractivity contribution in [3.63, 3.8) is 0 Å².